The number of hydrogen-bond donors (Lipinski definition) is 1. The molecule has 0 aliphatic carbocycles. The SMILES string of the molecule is COCCN(CC1CN(CC(O)COc2ccc(F)cc2)CCO1)C(=O)c1ccccc1F. The first-order valence-electron chi connectivity index (χ1n) is 10.9. The summed E-state index contributed by atoms with van der Waals surface area (Å²) in [4.78, 5) is 16.5. The molecule has 0 saturated carbocycles. The van der Waals surface area contributed by atoms with Gasteiger partial charge in [0.15, 0.2) is 0 Å². The summed E-state index contributed by atoms with van der Waals surface area (Å²) in [5, 5.41) is 10.4. The van der Waals surface area contributed by atoms with Crippen LogP contribution in [0, 0.1) is 11.6 Å². The summed E-state index contributed by atoms with van der Waals surface area (Å²) in [6.07, 6.45) is -1.05. The molecule has 0 spiro atoms. The minimum absolute atomic E-state index is 0.00892. The second kappa shape index (κ2) is 12.6. The molecule has 1 fully saturated rings. The third kappa shape index (κ3) is 7.75. The highest BCUT2D eigenvalue weighted by Crippen LogP contribution is 2.15. The predicted octanol–water partition coefficient (Wildman–Crippen LogP) is 2.19. The molecule has 1 aliphatic heterocycles. The number of morpholine rings is 1. The van der Waals surface area contributed by atoms with Crippen LogP contribution >= 0.6 is 0 Å². The van der Waals surface area contributed by atoms with E-state index >= 15 is 0 Å². The van der Waals surface area contributed by atoms with E-state index in [-0.39, 0.29) is 30.6 Å². The molecule has 0 radical (unpaired) electrons. The maximum absolute atomic E-state index is 14.1. The number of ether oxygens (including phenoxy) is 3. The molecule has 2 atom stereocenters. The molecule has 3 rings (SSSR count). The molecule has 1 N–H and O–H groups in total. The first-order chi connectivity index (χ1) is 16.0. The third-order valence-electron chi connectivity index (χ3n) is 5.33. The van der Waals surface area contributed by atoms with Crippen molar-refractivity contribution < 1.29 is 32.9 Å². The molecule has 0 bridgehead atoms. The molecule has 0 aromatic heterocycles. The van der Waals surface area contributed by atoms with Gasteiger partial charge < -0.3 is 24.2 Å². The van der Waals surface area contributed by atoms with Gasteiger partial charge in [0.2, 0.25) is 0 Å². The monoisotopic (exact) mass is 464 g/mol. The molecular weight excluding hydrogens is 434 g/mol. The second-order valence-corrected chi connectivity index (χ2v) is 7.89. The Labute approximate surface area is 192 Å². The third-order valence-corrected chi connectivity index (χ3v) is 5.33. The van der Waals surface area contributed by atoms with E-state index in [4.69, 9.17) is 14.2 Å². The van der Waals surface area contributed by atoms with Crippen molar-refractivity contribution in [1.29, 1.82) is 0 Å². The van der Waals surface area contributed by atoms with Gasteiger partial charge in [0.1, 0.15) is 30.1 Å². The lowest BCUT2D eigenvalue weighted by Gasteiger charge is -2.36. The van der Waals surface area contributed by atoms with E-state index in [0.29, 0.717) is 45.1 Å². The lowest BCUT2D eigenvalue weighted by atomic mass is 10.1. The van der Waals surface area contributed by atoms with Crippen LogP contribution in [0.1, 0.15) is 10.4 Å². The van der Waals surface area contributed by atoms with Gasteiger partial charge in [0.25, 0.3) is 5.91 Å². The van der Waals surface area contributed by atoms with E-state index in [1.54, 1.807) is 19.2 Å². The predicted molar refractivity (Wildman–Crippen MR) is 118 cm³/mol. The van der Waals surface area contributed by atoms with Crippen molar-refractivity contribution in [3.63, 3.8) is 0 Å². The number of benzene rings is 2. The van der Waals surface area contributed by atoms with Gasteiger partial charge in [-0.05, 0) is 36.4 Å². The van der Waals surface area contributed by atoms with Gasteiger partial charge in [-0.25, -0.2) is 8.78 Å². The van der Waals surface area contributed by atoms with Gasteiger partial charge in [0, 0.05) is 39.8 Å². The van der Waals surface area contributed by atoms with Crippen LogP contribution in [-0.2, 0) is 9.47 Å². The van der Waals surface area contributed by atoms with Crippen molar-refractivity contribution >= 4 is 5.91 Å². The van der Waals surface area contributed by atoms with Crippen LogP contribution in [0.15, 0.2) is 48.5 Å². The Kier molecular flexibility index (Phi) is 9.56. The smallest absolute Gasteiger partial charge is 0.256 e. The fourth-order valence-electron chi connectivity index (χ4n) is 3.66. The largest absolute Gasteiger partial charge is 0.491 e. The van der Waals surface area contributed by atoms with E-state index in [1.165, 1.54) is 41.3 Å². The highest BCUT2D eigenvalue weighted by molar-refractivity contribution is 5.94. The molecule has 33 heavy (non-hydrogen) atoms. The maximum atomic E-state index is 14.1. The number of aliphatic hydroxyl groups excluding tert-OH is 1. The molecular formula is C24H30F2N2O5. The molecule has 1 amide bonds. The van der Waals surface area contributed by atoms with Crippen LogP contribution in [0.2, 0.25) is 0 Å². The molecule has 2 aromatic carbocycles. The average molecular weight is 465 g/mol. The van der Waals surface area contributed by atoms with Gasteiger partial charge in [0.05, 0.1) is 24.9 Å². The van der Waals surface area contributed by atoms with E-state index in [2.05, 4.69) is 0 Å². The van der Waals surface area contributed by atoms with Crippen LogP contribution in [0.5, 0.6) is 5.75 Å². The fraction of sp³-hybridized carbons (Fsp3) is 0.458. The first-order valence-corrected chi connectivity index (χ1v) is 10.9. The molecule has 9 heteroatoms. The number of amides is 1. The van der Waals surface area contributed by atoms with E-state index < -0.39 is 17.8 Å². The number of nitrogens with zero attached hydrogens (tertiary/aromatic N) is 2. The Balaban J connectivity index is 1.53. The Morgan fingerprint density at radius 3 is 2.73 bits per heavy atom. The van der Waals surface area contributed by atoms with Crippen molar-refractivity contribution in [3.05, 3.63) is 65.7 Å². The number of aliphatic hydroxyl groups is 1. The lowest BCUT2D eigenvalue weighted by molar-refractivity contribution is -0.0546. The van der Waals surface area contributed by atoms with E-state index in [1.807, 2.05) is 4.90 Å². The van der Waals surface area contributed by atoms with Crippen LogP contribution in [-0.4, -0.2) is 92.7 Å². The molecule has 1 aliphatic rings. The quantitative estimate of drug-likeness (QED) is 0.550. The van der Waals surface area contributed by atoms with Gasteiger partial charge in [-0.3, -0.25) is 9.69 Å². The molecule has 1 saturated heterocycles. The highest BCUT2D eigenvalue weighted by Gasteiger charge is 2.27. The first kappa shape index (κ1) is 25.0. The summed E-state index contributed by atoms with van der Waals surface area (Å²) >= 11 is 0. The number of halogens is 2. The molecule has 7 nitrogen and oxygen atoms in total. The van der Waals surface area contributed by atoms with Crippen LogP contribution < -0.4 is 4.74 Å². The molecule has 2 aromatic rings. The Morgan fingerprint density at radius 2 is 2.00 bits per heavy atom. The van der Waals surface area contributed by atoms with Gasteiger partial charge >= 0.3 is 0 Å². The summed E-state index contributed by atoms with van der Waals surface area (Å²) in [6.45, 7) is 2.90. The molecule has 1 heterocycles. The lowest BCUT2D eigenvalue weighted by Crippen LogP contribution is -2.51. The summed E-state index contributed by atoms with van der Waals surface area (Å²) in [5.74, 6) is -0.856. The standard InChI is InChI=1S/C24H30F2N2O5/c1-31-12-11-28(24(30)22-4-2-3-5-23(22)26)16-21-15-27(10-13-32-21)14-19(29)17-33-20-8-6-18(25)7-9-20/h2-9,19,21,29H,10-17H2,1H3. The Hall–Kier alpha value is -2.59. The number of rotatable bonds is 11. The Bertz CT molecular complexity index is 883. The minimum Gasteiger partial charge on any atom is -0.491 e. The summed E-state index contributed by atoms with van der Waals surface area (Å²) < 4.78 is 43.6. The van der Waals surface area contributed by atoms with Gasteiger partial charge in [-0.1, -0.05) is 12.1 Å². The number of carbonyl (C=O) groups is 1. The maximum Gasteiger partial charge on any atom is 0.256 e. The second-order valence-electron chi connectivity index (χ2n) is 7.89. The number of β-amino-alcohol motifs (C(OH)–C–C–N with tert-alkyl or cyclic N) is 1. The van der Waals surface area contributed by atoms with Crippen molar-refractivity contribution in [2.75, 3.05) is 59.7 Å². The van der Waals surface area contributed by atoms with Crippen molar-refractivity contribution in [2.24, 2.45) is 0 Å². The summed E-state index contributed by atoms with van der Waals surface area (Å²) in [6, 6.07) is 11.5. The van der Waals surface area contributed by atoms with Crippen LogP contribution in [0.3, 0.4) is 0 Å². The number of methoxy groups -OCH3 is 1. The van der Waals surface area contributed by atoms with Crippen molar-refractivity contribution in [1.82, 2.24) is 9.80 Å². The zero-order valence-corrected chi connectivity index (χ0v) is 18.7. The zero-order valence-electron chi connectivity index (χ0n) is 18.7. The zero-order chi connectivity index (χ0) is 23.6. The van der Waals surface area contributed by atoms with Crippen LogP contribution in [0.25, 0.3) is 0 Å². The van der Waals surface area contributed by atoms with Crippen molar-refractivity contribution in [2.45, 2.75) is 12.2 Å². The minimum atomic E-state index is -0.751. The summed E-state index contributed by atoms with van der Waals surface area (Å²) in [5.41, 5.74) is 0.00892. The normalized spacial score (nSPS) is 17.5. The highest BCUT2D eigenvalue weighted by atomic mass is 19.1. The van der Waals surface area contributed by atoms with E-state index in [0.717, 1.165) is 0 Å². The van der Waals surface area contributed by atoms with Gasteiger partial charge in [-0.15, -0.1) is 0 Å². The Morgan fingerprint density at radius 1 is 1.24 bits per heavy atom. The summed E-state index contributed by atoms with van der Waals surface area (Å²) in [7, 11) is 1.54. The number of carbonyl (C=O) groups excluding carboxylic acids is 1. The van der Waals surface area contributed by atoms with Crippen LogP contribution in [0.4, 0.5) is 8.78 Å². The van der Waals surface area contributed by atoms with Gasteiger partial charge in [-0.2, -0.15) is 0 Å². The topological polar surface area (TPSA) is 71.5 Å². The molecule has 180 valence electrons. The molecule has 2 unspecified atom stereocenters. The van der Waals surface area contributed by atoms with Crippen molar-refractivity contribution in [3.8, 4) is 5.75 Å². The fourth-order valence-corrected chi connectivity index (χ4v) is 3.66. The average Bonchev–Trinajstić information content (AvgIpc) is 2.81. The van der Waals surface area contributed by atoms with E-state index in [9.17, 15) is 18.7 Å². The number of hydrogen-bond acceptors (Lipinski definition) is 6.